The lowest BCUT2D eigenvalue weighted by atomic mass is 10.1. The topological polar surface area (TPSA) is 33.4 Å². The summed E-state index contributed by atoms with van der Waals surface area (Å²) in [5.74, 6) is 0.516. The summed E-state index contributed by atoms with van der Waals surface area (Å²) in [6.45, 7) is 3.56. The molecule has 0 aliphatic carbocycles. The molecule has 1 aromatic rings. The van der Waals surface area contributed by atoms with E-state index in [2.05, 4.69) is 6.58 Å². The highest BCUT2D eigenvalue weighted by molar-refractivity contribution is 6.28. The van der Waals surface area contributed by atoms with Gasteiger partial charge in [-0.25, -0.2) is 0 Å². The lowest BCUT2D eigenvalue weighted by molar-refractivity contribution is 0.141. The molecule has 0 spiro atoms. The van der Waals surface area contributed by atoms with Crippen molar-refractivity contribution in [1.82, 2.24) is 0 Å². The summed E-state index contributed by atoms with van der Waals surface area (Å²) in [5, 5.41) is 9.77. The average Bonchev–Trinajstić information content (AvgIpc) is 2.47. The van der Waals surface area contributed by atoms with Gasteiger partial charge in [0.25, 0.3) is 0 Å². The van der Waals surface area contributed by atoms with Crippen molar-refractivity contribution >= 4 is 11.6 Å². The molecule has 0 amide bonds. The Morgan fingerprint density at radius 2 is 2.42 bits per heavy atom. The van der Waals surface area contributed by atoms with Crippen LogP contribution in [0.4, 0.5) is 0 Å². The SMILES string of the molecule is C=CCCC(O)c1ccc(Cl)o1. The van der Waals surface area contributed by atoms with E-state index in [0.717, 1.165) is 6.42 Å². The van der Waals surface area contributed by atoms with Crippen LogP contribution in [0.25, 0.3) is 0 Å². The largest absolute Gasteiger partial charge is 0.447 e. The molecule has 0 fully saturated rings. The van der Waals surface area contributed by atoms with Gasteiger partial charge in [0, 0.05) is 0 Å². The van der Waals surface area contributed by atoms with Crippen molar-refractivity contribution in [3.05, 3.63) is 35.8 Å². The second-order valence-corrected chi connectivity index (χ2v) is 2.90. The number of hydrogen-bond acceptors (Lipinski definition) is 2. The summed E-state index contributed by atoms with van der Waals surface area (Å²) in [4.78, 5) is 0. The van der Waals surface area contributed by atoms with Crippen LogP contribution in [0.2, 0.25) is 5.22 Å². The van der Waals surface area contributed by atoms with Crippen LogP contribution in [0.15, 0.2) is 29.2 Å². The number of furan rings is 1. The lowest BCUT2D eigenvalue weighted by Gasteiger charge is -2.04. The summed E-state index contributed by atoms with van der Waals surface area (Å²) in [5.41, 5.74) is 0. The zero-order chi connectivity index (χ0) is 8.97. The fourth-order valence-corrected chi connectivity index (χ4v) is 1.08. The molecule has 3 heteroatoms. The van der Waals surface area contributed by atoms with Crippen LogP contribution in [0.1, 0.15) is 24.7 Å². The predicted molar refractivity (Wildman–Crippen MR) is 48.1 cm³/mol. The first-order valence-electron chi connectivity index (χ1n) is 3.78. The molecule has 1 unspecified atom stereocenters. The maximum absolute atomic E-state index is 9.46. The van der Waals surface area contributed by atoms with E-state index in [9.17, 15) is 5.11 Å². The maximum atomic E-state index is 9.46. The number of rotatable bonds is 4. The van der Waals surface area contributed by atoms with Gasteiger partial charge in [0.15, 0.2) is 5.22 Å². The zero-order valence-electron chi connectivity index (χ0n) is 6.66. The van der Waals surface area contributed by atoms with Gasteiger partial charge in [-0.3, -0.25) is 0 Å². The highest BCUT2D eigenvalue weighted by Gasteiger charge is 2.10. The van der Waals surface area contributed by atoms with Gasteiger partial charge in [0.05, 0.1) is 0 Å². The van der Waals surface area contributed by atoms with Gasteiger partial charge in [0.2, 0.25) is 0 Å². The first-order chi connectivity index (χ1) is 5.74. The van der Waals surface area contributed by atoms with Crippen LogP contribution in [0.5, 0.6) is 0 Å². The second kappa shape index (κ2) is 4.33. The molecule has 1 rings (SSSR count). The highest BCUT2D eigenvalue weighted by atomic mass is 35.5. The number of aliphatic hydroxyl groups is 1. The van der Waals surface area contributed by atoms with E-state index >= 15 is 0 Å². The van der Waals surface area contributed by atoms with Crippen molar-refractivity contribution in [2.24, 2.45) is 0 Å². The smallest absolute Gasteiger partial charge is 0.193 e. The molecule has 1 N–H and O–H groups in total. The first kappa shape index (κ1) is 9.36. The molecule has 1 aromatic heterocycles. The summed E-state index contributed by atoms with van der Waals surface area (Å²) in [6.07, 6.45) is 2.57. The molecule has 1 heterocycles. The Labute approximate surface area is 76.5 Å². The van der Waals surface area contributed by atoms with E-state index < -0.39 is 6.10 Å². The molecule has 1 atom stereocenters. The Morgan fingerprint density at radius 3 is 2.92 bits per heavy atom. The molecule has 0 bridgehead atoms. The molecular weight excluding hydrogens is 176 g/mol. The summed E-state index contributed by atoms with van der Waals surface area (Å²) < 4.78 is 5.02. The van der Waals surface area contributed by atoms with Crippen molar-refractivity contribution in [2.45, 2.75) is 18.9 Å². The van der Waals surface area contributed by atoms with E-state index in [-0.39, 0.29) is 0 Å². The molecule has 12 heavy (non-hydrogen) atoms. The Morgan fingerprint density at radius 1 is 1.67 bits per heavy atom. The van der Waals surface area contributed by atoms with Crippen molar-refractivity contribution in [1.29, 1.82) is 0 Å². The van der Waals surface area contributed by atoms with Crippen molar-refractivity contribution in [3.63, 3.8) is 0 Å². The summed E-state index contributed by atoms with van der Waals surface area (Å²) in [6, 6.07) is 3.30. The lowest BCUT2D eigenvalue weighted by Crippen LogP contribution is -1.93. The van der Waals surface area contributed by atoms with Gasteiger partial charge in [-0.2, -0.15) is 0 Å². The van der Waals surface area contributed by atoms with Crippen molar-refractivity contribution in [2.75, 3.05) is 0 Å². The number of aliphatic hydroxyl groups excluding tert-OH is 1. The Kier molecular flexibility index (Phi) is 3.38. The minimum absolute atomic E-state index is 0.308. The minimum atomic E-state index is -0.574. The van der Waals surface area contributed by atoms with Crippen LogP contribution in [0, 0.1) is 0 Å². The monoisotopic (exact) mass is 186 g/mol. The molecule has 0 aliphatic heterocycles. The third-order valence-corrected chi connectivity index (χ3v) is 1.77. The van der Waals surface area contributed by atoms with Gasteiger partial charge < -0.3 is 9.52 Å². The fourth-order valence-electron chi connectivity index (χ4n) is 0.925. The van der Waals surface area contributed by atoms with Crippen LogP contribution in [-0.4, -0.2) is 5.11 Å². The molecule has 0 saturated carbocycles. The standard InChI is InChI=1S/C9H11ClO2/c1-2-3-4-7(11)8-5-6-9(10)12-8/h2,5-7,11H,1,3-4H2. The summed E-state index contributed by atoms with van der Waals surface area (Å²) >= 11 is 5.54. The number of allylic oxidation sites excluding steroid dienone is 1. The van der Waals surface area contributed by atoms with Crippen LogP contribution >= 0.6 is 11.6 Å². The van der Waals surface area contributed by atoms with E-state index in [0.29, 0.717) is 17.4 Å². The van der Waals surface area contributed by atoms with Crippen molar-refractivity contribution in [3.8, 4) is 0 Å². The first-order valence-corrected chi connectivity index (χ1v) is 4.16. The van der Waals surface area contributed by atoms with Crippen LogP contribution < -0.4 is 0 Å². The van der Waals surface area contributed by atoms with E-state index in [1.165, 1.54) is 0 Å². The van der Waals surface area contributed by atoms with Crippen molar-refractivity contribution < 1.29 is 9.52 Å². The Balaban J connectivity index is 2.52. The van der Waals surface area contributed by atoms with Gasteiger partial charge in [-0.05, 0) is 36.6 Å². The maximum Gasteiger partial charge on any atom is 0.193 e. The highest BCUT2D eigenvalue weighted by Crippen LogP contribution is 2.22. The van der Waals surface area contributed by atoms with E-state index in [1.54, 1.807) is 18.2 Å². The molecule has 0 radical (unpaired) electrons. The van der Waals surface area contributed by atoms with Gasteiger partial charge in [-0.15, -0.1) is 6.58 Å². The third-order valence-electron chi connectivity index (χ3n) is 1.57. The molecule has 0 aromatic carbocycles. The number of hydrogen-bond donors (Lipinski definition) is 1. The molecule has 0 aliphatic rings. The minimum Gasteiger partial charge on any atom is -0.447 e. The van der Waals surface area contributed by atoms with Gasteiger partial charge >= 0.3 is 0 Å². The Hall–Kier alpha value is -0.730. The second-order valence-electron chi connectivity index (χ2n) is 2.52. The molecule has 2 nitrogen and oxygen atoms in total. The predicted octanol–water partition coefficient (Wildman–Crippen LogP) is 2.93. The quantitative estimate of drug-likeness (QED) is 0.734. The summed E-state index contributed by atoms with van der Waals surface area (Å²) in [7, 11) is 0. The van der Waals surface area contributed by atoms with E-state index in [1.807, 2.05) is 0 Å². The van der Waals surface area contributed by atoms with Crippen LogP contribution in [-0.2, 0) is 0 Å². The third kappa shape index (κ3) is 2.40. The normalized spacial score (nSPS) is 12.8. The number of halogens is 1. The molecular formula is C9H11ClO2. The van der Waals surface area contributed by atoms with Gasteiger partial charge in [0.1, 0.15) is 11.9 Å². The average molecular weight is 187 g/mol. The zero-order valence-corrected chi connectivity index (χ0v) is 7.42. The molecule has 66 valence electrons. The fraction of sp³-hybridized carbons (Fsp3) is 0.333. The Bertz CT molecular complexity index is 255. The van der Waals surface area contributed by atoms with E-state index in [4.69, 9.17) is 16.0 Å². The van der Waals surface area contributed by atoms with Gasteiger partial charge in [-0.1, -0.05) is 6.08 Å². The van der Waals surface area contributed by atoms with Crippen LogP contribution in [0.3, 0.4) is 0 Å². The molecule has 0 saturated heterocycles.